The third kappa shape index (κ3) is 3.80. The molecule has 1 unspecified atom stereocenters. The number of hydrogen-bond acceptors (Lipinski definition) is 5. The van der Waals surface area contributed by atoms with E-state index in [1.165, 1.54) is 19.1 Å². The zero-order valence-corrected chi connectivity index (χ0v) is 12.8. The van der Waals surface area contributed by atoms with Crippen molar-refractivity contribution in [3.05, 3.63) is 29.3 Å². The molecule has 1 aromatic carbocycles. The zero-order chi connectivity index (χ0) is 16.0. The minimum Gasteiger partial charge on any atom is -0.467 e. The Labute approximate surface area is 124 Å². The van der Waals surface area contributed by atoms with E-state index in [0.717, 1.165) is 5.56 Å². The van der Waals surface area contributed by atoms with E-state index in [4.69, 9.17) is 9.47 Å². The van der Waals surface area contributed by atoms with Crippen molar-refractivity contribution in [1.29, 1.82) is 0 Å². The summed E-state index contributed by atoms with van der Waals surface area (Å²) in [6.07, 6.45) is 0. The third-order valence-corrected chi connectivity index (χ3v) is 3.20. The normalized spacial score (nSPS) is 11.9. The average molecular weight is 295 g/mol. The Morgan fingerprint density at radius 2 is 2.00 bits per heavy atom. The van der Waals surface area contributed by atoms with Crippen LogP contribution in [0.2, 0.25) is 0 Å². The summed E-state index contributed by atoms with van der Waals surface area (Å²) < 4.78 is 9.60. The molecule has 0 spiro atoms. The number of aliphatic hydroxyl groups is 1. The van der Waals surface area contributed by atoms with Crippen molar-refractivity contribution in [3.8, 4) is 0 Å². The molecule has 0 radical (unpaired) electrons. The van der Waals surface area contributed by atoms with Crippen LogP contribution < -0.4 is 4.90 Å². The highest BCUT2D eigenvalue weighted by Gasteiger charge is 2.30. The number of methoxy groups -OCH3 is 2. The van der Waals surface area contributed by atoms with Crippen LogP contribution in [-0.2, 0) is 25.7 Å². The molecule has 0 saturated heterocycles. The fourth-order valence-corrected chi connectivity index (χ4v) is 2.20. The van der Waals surface area contributed by atoms with Gasteiger partial charge < -0.3 is 14.6 Å². The first-order valence-electron chi connectivity index (χ1n) is 6.56. The molecule has 0 fully saturated rings. The fraction of sp³-hybridized carbons (Fsp3) is 0.467. The van der Waals surface area contributed by atoms with Crippen LogP contribution in [0, 0.1) is 6.92 Å². The van der Waals surface area contributed by atoms with Gasteiger partial charge in [0.05, 0.1) is 19.4 Å². The van der Waals surface area contributed by atoms with Gasteiger partial charge in [-0.15, -0.1) is 0 Å². The molecule has 1 atom stereocenters. The maximum Gasteiger partial charge on any atom is 0.328 e. The van der Waals surface area contributed by atoms with E-state index in [1.54, 1.807) is 19.1 Å². The van der Waals surface area contributed by atoms with Gasteiger partial charge in [0, 0.05) is 12.7 Å². The summed E-state index contributed by atoms with van der Waals surface area (Å²) >= 11 is 0. The Morgan fingerprint density at radius 1 is 1.33 bits per heavy atom. The number of hydrogen-bond donors (Lipinski definition) is 1. The first-order valence-corrected chi connectivity index (χ1v) is 6.56. The second kappa shape index (κ2) is 7.75. The topological polar surface area (TPSA) is 76.1 Å². The maximum absolute atomic E-state index is 12.3. The molecule has 0 aromatic heterocycles. The summed E-state index contributed by atoms with van der Waals surface area (Å²) in [5.41, 5.74) is 1.86. The van der Waals surface area contributed by atoms with E-state index in [1.807, 2.05) is 13.0 Å². The molecule has 0 aliphatic rings. The molecule has 116 valence electrons. The number of benzene rings is 1. The molecule has 6 nitrogen and oxygen atoms in total. The number of anilines is 1. The van der Waals surface area contributed by atoms with E-state index in [9.17, 15) is 14.7 Å². The van der Waals surface area contributed by atoms with Gasteiger partial charge >= 0.3 is 5.97 Å². The number of ether oxygens (including phenoxy) is 2. The predicted octanol–water partition coefficient (Wildman–Crippen LogP) is 1.03. The van der Waals surface area contributed by atoms with Crippen LogP contribution in [0.5, 0.6) is 0 Å². The minimum absolute atomic E-state index is 0.166. The lowest BCUT2D eigenvalue weighted by molar-refractivity contribution is -0.143. The summed E-state index contributed by atoms with van der Waals surface area (Å²) in [4.78, 5) is 25.5. The lowest BCUT2D eigenvalue weighted by Crippen LogP contribution is -2.46. The Kier molecular flexibility index (Phi) is 6.33. The largest absolute Gasteiger partial charge is 0.467 e. The van der Waals surface area contributed by atoms with Crippen molar-refractivity contribution in [2.45, 2.75) is 26.5 Å². The number of carbonyl (C=O) groups is 2. The van der Waals surface area contributed by atoms with E-state index < -0.39 is 12.0 Å². The number of amides is 1. The Hall–Kier alpha value is -1.92. The van der Waals surface area contributed by atoms with Crippen LogP contribution in [0.1, 0.15) is 18.1 Å². The zero-order valence-electron chi connectivity index (χ0n) is 12.8. The highest BCUT2D eigenvalue weighted by atomic mass is 16.5. The minimum atomic E-state index is -0.816. The molecule has 0 bridgehead atoms. The summed E-state index contributed by atoms with van der Waals surface area (Å²) in [5.74, 6) is -0.911. The number of para-hydroxylation sites is 1. The summed E-state index contributed by atoms with van der Waals surface area (Å²) in [6, 6.07) is 4.49. The molecule has 21 heavy (non-hydrogen) atoms. The molecular weight excluding hydrogens is 274 g/mol. The van der Waals surface area contributed by atoms with Gasteiger partial charge in [-0.1, -0.05) is 18.2 Å². The van der Waals surface area contributed by atoms with Gasteiger partial charge in [-0.05, 0) is 19.4 Å². The quantitative estimate of drug-likeness (QED) is 0.793. The number of nitrogens with zero attached hydrogens (tertiary/aromatic N) is 1. The van der Waals surface area contributed by atoms with Crippen LogP contribution in [0.3, 0.4) is 0 Å². The second-order valence-electron chi connectivity index (χ2n) is 4.64. The molecule has 6 heteroatoms. The summed E-state index contributed by atoms with van der Waals surface area (Å²) in [6.45, 7) is 2.99. The monoisotopic (exact) mass is 295 g/mol. The Morgan fingerprint density at radius 3 is 2.52 bits per heavy atom. The number of aliphatic hydroxyl groups excluding tert-OH is 1. The Bertz CT molecular complexity index is 515. The number of aryl methyl sites for hydroxylation is 1. The lowest BCUT2D eigenvalue weighted by Gasteiger charge is -2.30. The summed E-state index contributed by atoms with van der Waals surface area (Å²) in [5, 5.41) is 9.50. The van der Waals surface area contributed by atoms with Crippen molar-refractivity contribution < 1.29 is 24.2 Å². The molecule has 0 heterocycles. The third-order valence-electron chi connectivity index (χ3n) is 3.20. The van der Waals surface area contributed by atoms with Crippen LogP contribution in [0.4, 0.5) is 5.69 Å². The lowest BCUT2D eigenvalue weighted by atomic mass is 10.1. The number of esters is 1. The van der Waals surface area contributed by atoms with Crippen molar-refractivity contribution in [1.82, 2.24) is 0 Å². The van der Waals surface area contributed by atoms with Gasteiger partial charge in [-0.3, -0.25) is 9.69 Å². The van der Waals surface area contributed by atoms with Crippen LogP contribution in [0.25, 0.3) is 0 Å². The average Bonchev–Trinajstić information content (AvgIpc) is 2.48. The molecule has 1 rings (SSSR count). The van der Waals surface area contributed by atoms with Crippen molar-refractivity contribution >= 4 is 17.6 Å². The SMILES string of the molecule is COCC(=O)N(c1c(C)cccc1CO)C(C)C(=O)OC. The Balaban J connectivity index is 3.37. The molecule has 0 aliphatic carbocycles. The van der Waals surface area contributed by atoms with Crippen LogP contribution >= 0.6 is 0 Å². The van der Waals surface area contributed by atoms with Gasteiger partial charge in [-0.2, -0.15) is 0 Å². The first kappa shape index (κ1) is 17.1. The highest BCUT2D eigenvalue weighted by molar-refractivity contribution is 6.01. The number of carbonyl (C=O) groups excluding carboxylic acids is 2. The second-order valence-corrected chi connectivity index (χ2v) is 4.64. The van der Waals surface area contributed by atoms with Gasteiger partial charge in [-0.25, -0.2) is 4.79 Å². The smallest absolute Gasteiger partial charge is 0.328 e. The van der Waals surface area contributed by atoms with Gasteiger partial charge in [0.1, 0.15) is 12.6 Å². The van der Waals surface area contributed by atoms with Gasteiger partial charge in [0.15, 0.2) is 0 Å². The van der Waals surface area contributed by atoms with Gasteiger partial charge in [0.25, 0.3) is 5.91 Å². The first-order chi connectivity index (χ1) is 9.97. The van der Waals surface area contributed by atoms with E-state index >= 15 is 0 Å². The van der Waals surface area contributed by atoms with E-state index in [0.29, 0.717) is 11.3 Å². The standard InChI is InChI=1S/C15H21NO5/c1-10-6-5-7-12(8-17)14(10)16(13(18)9-20-3)11(2)15(19)21-4/h5-7,11,17H,8-9H2,1-4H3. The molecule has 1 N–H and O–H groups in total. The highest BCUT2D eigenvalue weighted by Crippen LogP contribution is 2.28. The molecule has 1 aromatic rings. The van der Waals surface area contributed by atoms with Crippen LogP contribution in [0.15, 0.2) is 18.2 Å². The fourth-order valence-electron chi connectivity index (χ4n) is 2.20. The summed E-state index contributed by atoms with van der Waals surface area (Å²) in [7, 11) is 2.67. The van der Waals surface area contributed by atoms with Crippen molar-refractivity contribution in [3.63, 3.8) is 0 Å². The molecule has 1 amide bonds. The molecular formula is C15H21NO5. The maximum atomic E-state index is 12.3. The number of rotatable bonds is 6. The van der Waals surface area contributed by atoms with Crippen LogP contribution in [-0.4, -0.2) is 43.9 Å². The van der Waals surface area contributed by atoms with Crippen molar-refractivity contribution in [2.24, 2.45) is 0 Å². The molecule has 0 saturated carbocycles. The predicted molar refractivity (Wildman–Crippen MR) is 77.9 cm³/mol. The van der Waals surface area contributed by atoms with Crippen molar-refractivity contribution in [2.75, 3.05) is 25.7 Å². The van der Waals surface area contributed by atoms with Gasteiger partial charge in [0.2, 0.25) is 0 Å². The van der Waals surface area contributed by atoms with E-state index in [-0.39, 0.29) is 19.1 Å². The van der Waals surface area contributed by atoms with E-state index in [2.05, 4.69) is 0 Å². The molecule has 0 aliphatic heterocycles.